The van der Waals surface area contributed by atoms with Crippen LogP contribution in [0, 0.1) is 6.92 Å². The van der Waals surface area contributed by atoms with Crippen molar-refractivity contribution >= 4 is 0 Å². The van der Waals surface area contributed by atoms with Crippen molar-refractivity contribution in [3.8, 4) is 0 Å². The smallest absolute Gasteiger partial charge is 0.0946 e. The van der Waals surface area contributed by atoms with Crippen LogP contribution in [0.15, 0.2) is 24.9 Å². The van der Waals surface area contributed by atoms with E-state index >= 15 is 0 Å². The van der Waals surface area contributed by atoms with E-state index in [4.69, 9.17) is 0 Å². The molecular formula is C10H15N5. The number of nitrogens with one attached hydrogen (secondary N) is 2. The summed E-state index contributed by atoms with van der Waals surface area (Å²) in [7, 11) is 0. The van der Waals surface area contributed by atoms with Crippen molar-refractivity contribution in [1.82, 2.24) is 25.1 Å². The van der Waals surface area contributed by atoms with Crippen molar-refractivity contribution in [2.75, 3.05) is 6.54 Å². The molecule has 2 aromatic rings. The maximum atomic E-state index is 3.99. The molecule has 2 rings (SSSR count). The van der Waals surface area contributed by atoms with Crippen molar-refractivity contribution in [2.24, 2.45) is 0 Å². The van der Waals surface area contributed by atoms with E-state index in [1.165, 1.54) is 5.56 Å². The van der Waals surface area contributed by atoms with E-state index in [1.807, 2.05) is 25.6 Å². The third kappa shape index (κ3) is 2.66. The van der Waals surface area contributed by atoms with Crippen LogP contribution in [0.5, 0.6) is 0 Å². The fourth-order valence-corrected chi connectivity index (χ4v) is 1.40. The van der Waals surface area contributed by atoms with E-state index in [0.29, 0.717) is 0 Å². The molecule has 0 aliphatic carbocycles. The molecule has 5 nitrogen and oxygen atoms in total. The van der Waals surface area contributed by atoms with Gasteiger partial charge in [-0.1, -0.05) is 0 Å². The Hall–Kier alpha value is -1.62. The Labute approximate surface area is 88.5 Å². The second kappa shape index (κ2) is 4.75. The van der Waals surface area contributed by atoms with Gasteiger partial charge in [0, 0.05) is 43.3 Å². The highest BCUT2D eigenvalue weighted by molar-refractivity contribution is 5.13. The van der Waals surface area contributed by atoms with Gasteiger partial charge >= 0.3 is 0 Å². The molecule has 0 bridgehead atoms. The van der Waals surface area contributed by atoms with Gasteiger partial charge in [0.25, 0.3) is 0 Å². The van der Waals surface area contributed by atoms with Gasteiger partial charge in [0.1, 0.15) is 0 Å². The van der Waals surface area contributed by atoms with Crippen molar-refractivity contribution in [3.63, 3.8) is 0 Å². The van der Waals surface area contributed by atoms with Crippen LogP contribution in [0.4, 0.5) is 0 Å². The molecule has 0 atom stereocenters. The number of aromatic amines is 1. The van der Waals surface area contributed by atoms with Gasteiger partial charge in [0.15, 0.2) is 0 Å². The molecule has 15 heavy (non-hydrogen) atoms. The van der Waals surface area contributed by atoms with E-state index in [9.17, 15) is 0 Å². The number of rotatable bonds is 5. The summed E-state index contributed by atoms with van der Waals surface area (Å²) in [5.74, 6) is 0. The summed E-state index contributed by atoms with van der Waals surface area (Å²) in [4.78, 5) is 3.99. The molecule has 2 heterocycles. The maximum Gasteiger partial charge on any atom is 0.0946 e. The molecule has 2 aromatic heterocycles. The lowest BCUT2D eigenvalue weighted by Crippen LogP contribution is -2.19. The monoisotopic (exact) mass is 205 g/mol. The maximum absolute atomic E-state index is 3.99. The molecule has 0 spiro atoms. The molecule has 0 radical (unpaired) electrons. The van der Waals surface area contributed by atoms with E-state index < -0.39 is 0 Å². The van der Waals surface area contributed by atoms with Gasteiger partial charge in [0.2, 0.25) is 0 Å². The summed E-state index contributed by atoms with van der Waals surface area (Å²) in [5.41, 5.74) is 2.35. The van der Waals surface area contributed by atoms with E-state index in [1.54, 1.807) is 6.20 Å². The van der Waals surface area contributed by atoms with E-state index in [2.05, 4.69) is 25.1 Å². The first kappa shape index (κ1) is 9.92. The summed E-state index contributed by atoms with van der Waals surface area (Å²) in [5, 5.41) is 10.2. The molecule has 0 saturated heterocycles. The average Bonchev–Trinajstić information content (AvgIpc) is 2.85. The molecule has 0 aliphatic heterocycles. The zero-order valence-electron chi connectivity index (χ0n) is 8.77. The van der Waals surface area contributed by atoms with Crippen LogP contribution >= 0.6 is 0 Å². The number of hydrogen-bond donors (Lipinski definition) is 2. The summed E-state index contributed by atoms with van der Waals surface area (Å²) in [6.07, 6.45) is 7.44. The molecule has 0 aromatic carbocycles. The van der Waals surface area contributed by atoms with Gasteiger partial charge < -0.3 is 9.88 Å². The van der Waals surface area contributed by atoms with Crippen molar-refractivity contribution < 1.29 is 0 Å². The quantitative estimate of drug-likeness (QED) is 0.707. The Morgan fingerprint density at radius 2 is 2.47 bits per heavy atom. The minimum atomic E-state index is 0.858. The lowest BCUT2D eigenvalue weighted by atomic mass is 10.2. The predicted octanol–water partition coefficient (Wildman–Crippen LogP) is 0.704. The second-order valence-corrected chi connectivity index (χ2v) is 3.50. The normalized spacial score (nSPS) is 10.7. The number of nitrogens with zero attached hydrogens (tertiary/aromatic N) is 3. The summed E-state index contributed by atoms with van der Waals surface area (Å²) >= 11 is 0. The van der Waals surface area contributed by atoms with Crippen LogP contribution < -0.4 is 5.32 Å². The lowest BCUT2D eigenvalue weighted by molar-refractivity contribution is 0.596. The Morgan fingerprint density at radius 3 is 3.13 bits per heavy atom. The van der Waals surface area contributed by atoms with Crippen molar-refractivity contribution in [3.05, 3.63) is 36.2 Å². The van der Waals surface area contributed by atoms with Crippen molar-refractivity contribution in [2.45, 2.75) is 20.0 Å². The highest BCUT2D eigenvalue weighted by Crippen LogP contribution is 2.00. The van der Waals surface area contributed by atoms with Crippen LogP contribution in [-0.2, 0) is 13.1 Å². The minimum Gasteiger partial charge on any atom is -0.336 e. The molecular weight excluding hydrogens is 190 g/mol. The third-order valence-corrected chi connectivity index (χ3v) is 2.36. The van der Waals surface area contributed by atoms with Crippen molar-refractivity contribution in [1.29, 1.82) is 0 Å². The zero-order chi connectivity index (χ0) is 10.5. The first-order valence-corrected chi connectivity index (χ1v) is 5.01. The number of H-pyrrole nitrogens is 1. The first-order valence-electron chi connectivity index (χ1n) is 5.01. The van der Waals surface area contributed by atoms with Crippen LogP contribution in [0.3, 0.4) is 0 Å². The molecule has 0 unspecified atom stereocenters. The fraction of sp³-hybridized carbons (Fsp3) is 0.400. The summed E-state index contributed by atoms with van der Waals surface area (Å²) in [6.45, 7) is 4.76. The van der Waals surface area contributed by atoms with Crippen LogP contribution in [-0.4, -0.2) is 26.3 Å². The SMILES string of the molecule is Cc1[nH]ncc1CNCCn1ccnc1. The van der Waals surface area contributed by atoms with Gasteiger partial charge in [-0.3, -0.25) is 5.10 Å². The molecule has 0 amide bonds. The van der Waals surface area contributed by atoms with Gasteiger partial charge in [0.05, 0.1) is 12.5 Å². The zero-order valence-corrected chi connectivity index (χ0v) is 8.77. The standard InChI is InChI=1S/C10H15N5/c1-9-10(7-13-14-9)6-11-2-4-15-5-3-12-8-15/h3,5,7-8,11H,2,4,6H2,1H3,(H,13,14). The fourth-order valence-electron chi connectivity index (χ4n) is 1.40. The van der Waals surface area contributed by atoms with Crippen LogP contribution in [0.2, 0.25) is 0 Å². The lowest BCUT2D eigenvalue weighted by Gasteiger charge is -2.04. The number of aromatic nitrogens is 4. The van der Waals surface area contributed by atoms with Gasteiger partial charge in [-0.25, -0.2) is 4.98 Å². The summed E-state index contributed by atoms with van der Waals surface area (Å²) in [6, 6.07) is 0. The van der Waals surface area contributed by atoms with Gasteiger partial charge in [-0.05, 0) is 6.92 Å². The molecule has 0 fully saturated rings. The molecule has 0 saturated carbocycles. The predicted molar refractivity (Wildman–Crippen MR) is 57.3 cm³/mol. The third-order valence-electron chi connectivity index (χ3n) is 2.36. The van der Waals surface area contributed by atoms with E-state index in [-0.39, 0.29) is 0 Å². The van der Waals surface area contributed by atoms with Crippen LogP contribution in [0.25, 0.3) is 0 Å². The van der Waals surface area contributed by atoms with E-state index in [0.717, 1.165) is 25.3 Å². The van der Waals surface area contributed by atoms with Gasteiger partial charge in [-0.15, -0.1) is 0 Å². The molecule has 5 heteroatoms. The highest BCUT2D eigenvalue weighted by Gasteiger charge is 1.98. The average molecular weight is 205 g/mol. The largest absolute Gasteiger partial charge is 0.336 e. The first-order chi connectivity index (χ1) is 7.36. The number of imidazole rings is 1. The Bertz CT molecular complexity index is 390. The minimum absolute atomic E-state index is 0.858. The number of hydrogen-bond acceptors (Lipinski definition) is 3. The second-order valence-electron chi connectivity index (χ2n) is 3.50. The highest BCUT2D eigenvalue weighted by atomic mass is 15.1. The molecule has 80 valence electrons. The Balaban J connectivity index is 1.70. The Kier molecular flexibility index (Phi) is 3.14. The molecule has 2 N–H and O–H groups in total. The van der Waals surface area contributed by atoms with Crippen LogP contribution in [0.1, 0.15) is 11.3 Å². The topological polar surface area (TPSA) is 58.5 Å². The number of aryl methyl sites for hydroxylation is 1. The Morgan fingerprint density at radius 1 is 1.53 bits per heavy atom. The van der Waals surface area contributed by atoms with Gasteiger partial charge in [-0.2, -0.15) is 5.10 Å². The molecule has 0 aliphatic rings. The summed E-state index contributed by atoms with van der Waals surface area (Å²) < 4.78 is 2.05.